The van der Waals surface area contributed by atoms with Crippen LogP contribution in [-0.2, 0) is 7.05 Å². The van der Waals surface area contributed by atoms with Gasteiger partial charge in [0.15, 0.2) is 5.65 Å². The van der Waals surface area contributed by atoms with Gasteiger partial charge in [-0.3, -0.25) is 14.5 Å². The summed E-state index contributed by atoms with van der Waals surface area (Å²) < 4.78 is 1.46. The number of H-pyrrole nitrogens is 1. The van der Waals surface area contributed by atoms with Crippen molar-refractivity contribution in [2.45, 2.75) is 31.4 Å². The average Bonchev–Trinajstić information content (AvgIpc) is 3.20. The molecule has 2 heterocycles. The zero-order valence-electron chi connectivity index (χ0n) is 13.9. The molecule has 1 aromatic carbocycles. The molecule has 2 atom stereocenters. The Balaban J connectivity index is 1.70. The van der Waals surface area contributed by atoms with E-state index in [-0.39, 0.29) is 11.6 Å². The number of aromatic amines is 1. The molecule has 4 rings (SSSR count). The van der Waals surface area contributed by atoms with Crippen LogP contribution >= 0.6 is 0 Å². The second-order valence-electron chi connectivity index (χ2n) is 6.34. The van der Waals surface area contributed by atoms with Gasteiger partial charge in [-0.05, 0) is 31.4 Å². The smallest absolute Gasteiger partial charge is 0.268 e. The van der Waals surface area contributed by atoms with Gasteiger partial charge in [-0.15, -0.1) is 0 Å². The third kappa shape index (κ3) is 2.85. The van der Waals surface area contributed by atoms with Crippen LogP contribution in [0.25, 0.3) is 11.0 Å². The highest BCUT2D eigenvalue weighted by Gasteiger charge is 2.26. The van der Waals surface area contributed by atoms with Crippen molar-refractivity contribution in [1.29, 1.82) is 0 Å². The van der Waals surface area contributed by atoms with Gasteiger partial charge < -0.3 is 15.7 Å². The Hall–Kier alpha value is -2.87. The van der Waals surface area contributed by atoms with E-state index in [9.17, 15) is 9.90 Å². The predicted molar refractivity (Wildman–Crippen MR) is 96.1 cm³/mol. The monoisotopic (exact) mass is 340 g/mol. The fraction of sp³-hybridized carbons (Fsp3) is 0.353. The van der Waals surface area contributed by atoms with E-state index in [0.717, 1.165) is 24.9 Å². The average molecular weight is 340 g/mol. The van der Waals surface area contributed by atoms with E-state index < -0.39 is 6.10 Å². The second kappa shape index (κ2) is 6.21. The summed E-state index contributed by atoms with van der Waals surface area (Å²) in [4.78, 5) is 17.3. The van der Waals surface area contributed by atoms with Crippen LogP contribution in [0.2, 0.25) is 0 Å². The first-order chi connectivity index (χ1) is 12.1. The largest absolute Gasteiger partial charge is 0.391 e. The molecule has 1 saturated carbocycles. The molecule has 1 aliphatic rings. The first-order valence-corrected chi connectivity index (χ1v) is 8.35. The van der Waals surface area contributed by atoms with Gasteiger partial charge in [0.2, 0.25) is 5.95 Å². The first kappa shape index (κ1) is 15.6. The molecule has 0 saturated heterocycles. The van der Waals surface area contributed by atoms with Crippen molar-refractivity contribution < 1.29 is 5.11 Å². The van der Waals surface area contributed by atoms with E-state index in [4.69, 9.17) is 0 Å². The Morgan fingerprint density at radius 3 is 2.80 bits per heavy atom. The summed E-state index contributed by atoms with van der Waals surface area (Å²) in [5.41, 5.74) is 0.995. The molecule has 8 heteroatoms. The summed E-state index contributed by atoms with van der Waals surface area (Å²) >= 11 is 0. The van der Waals surface area contributed by atoms with Gasteiger partial charge in [0.1, 0.15) is 11.2 Å². The SMILES string of the molecule is Cn1c(N[C@@H]2CCC[C@H]2O)nc2n[nH]c(Nc3ccccc3)c2c1=O. The molecule has 1 fully saturated rings. The first-order valence-electron chi connectivity index (χ1n) is 8.35. The normalized spacial score (nSPS) is 20.1. The Bertz CT molecular complexity index is 949. The lowest BCUT2D eigenvalue weighted by Crippen LogP contribution is -2.32. The quantitative estimate of drug-likeness (QED) is 0.576. The summed E-state index contributed by atoms with van der Waals surface area (Å²) in [7, 11) is 1.66. The third-order valence-electron chi connectivity index (χ3n) is 4.63. The van der Waals surface area contributed by atoms with Gasteiger partial charge in [-0.2, -0.15) is 10.1 Å². The van der Waals surface area contributed by atoms with Crippen LogP contribution < -0.4 is 16.2 Å². The lowest BCUT2D eigenvalue weighted by molar-refractivity contribution is 0.171. The maximum Gasteiger partial charge on any atom is 0.268 e. The number of fused-ring (bicyclic) bond motifs is 1. The molecular weight excluding hydrogens is 320 g/mol. The Morgan fingerprint density at radius 1 is 1.28 bits per heavy atom. The number of nitrogens with zero attached hydrogens (tertiary/aromatic N) is 3. The van der Waals surface area contributed by atoms with Gasteiger partial charge in [0.25, 0.3) is 5.56 Å². The molecule has 8 nitrogen and oxygen atoms in total. The molecule has 1 aliphatic carbocycles. The third-order valence-corrected chi connectivity index (χ3v) is 4.63. The summed E-state index contributed by atoms with van der Waals surface area (Å²) in [6.07, 6.45) is 2.17. The van der Waals surface area contributed by atoms with Crippen LogP contribution in [0, 0.1) is 0 Å². The van der Waals surface area contributed by atoms with E-state index in [2.05, 4.69) is 25.8 Å². The molecule has 2 aromatic heterocycles. The highest BCUT2D eigenvalue weighted by atomic mass is 16.3. The number of para-hydroxylation sites is 1. The number of aliphatic hydroxyl groups excluding tert-OH is 1. The van der Waals surface area contributed by atoms with Crippen LogP contribution in [0.15, 0.2) is 35.1 Å². The van der Waals surface area contributed by atoms with Crippen molar-refractivity contribution in [1.82, 2.24) is 19.7 Å². The number of hydrogen-bond donors (Lipinski definition) is 4. The van der Waals surface area contributed by atoms with Crippen molar-refractivity contribution in [3.8, 4) is 0 Å². The van der Waals surface area contributed by atoms with Crippen LogP contribution in [0.1, 0.15) is 19.3 Å². The molecule has 0 radical (unpaired) electrons. The van der Waals surface area contributed by atoms with E-state index >= 15 is 0 Å². The highest BCUT2D eigenvalue weighted by Crippen LogP contribution is 2.24. The Morgan fingerprint density at radius 2 is 2.08 bits per heavy atom. The molecule has 25 heavy (non-hydrogen) atoms. The number of rotatable bonds is 4. The van der Waals surface area contributed by atoms with Gasteiger partial charge in [0, 0.05) is 12.7 Å². The molecule has 0 amide bonds. The van der Waals surface area contributed by atoms with E-state index in [0.29, 0.717) is 22.8 Å². The molecule has 0 aliphatic heterocycles. The summed E-state index contributed by atoms with van der Waals surface area (Å²) in [6.45, 7) is 0. The van der Waals surface area contributed by atoms with Gasteiger partial charge in [-0.1, -0.05) is 18.2 Å². The zero-order valence-corrected chi connectivity index (χ0v) is 13.9. The van der Waals surface area contributed by atoms with E-state index in [1.165, 1.54) is 4.57 Å². The minimum atomic E-state index is -0.415. The lowest BCUT2D eigenvalue weighted by Gasteiger charge is -2.18. The number of hydrogen-bond acceptors (Lipinski definition) is 6. The van der Waals surface area contributed by atoms with Crippen molar-refractivity contribution in [2.24, 2.45) is 7.05 Å². The molecule has 0 unspecified atom stereocenters. The topological polar surface area (TPSA) is 108 Å². The van der Waals surface area contributed by atoms with Gasteiger partial charge in [0.05, 0.1) is 12.1 Å². The standard InChI is InChI=1S/C17H20N6O2/c1-23-16(25)13-14(18-10-6-3-2-4-7-10)21-22-15(13)20-17(23)19-11-8-5-9-12(11)24/h2-4,6-7,11-12,24H,5,8-9H2,1H3,(H3,18,19,20,21,22)/t11-,12-/m1/s1. The molecule has 3 aromatic rings. The maximum absolute atomic E-state index is 12.8. The molecule has 0 spiro atoms. The van der Waals surface area contributed by atoms with Crippen molar-refractivity contribution >= 4 is 28.5 Å². The minimum Gasteiger partial charge on any atom is -0.391 e. The number of benzene rings is 1. The number of aromatic nitrogens is 4. The van der Waals surface area contributed by atoms with Crippen LogP contribution in [-0.4, -0.2) is 37.0 Å². The Kier molecular flexibility index (Phi) is 3.89. The number of aliphatic hydroxyl groups is 1. The predicted octanol–water partition coefficient (Wildman–Crippen LogP) is 1.73. The van der Waals surface area contributed by atoms with Gasteiger partial charge in [-0.25, -0.2) is 0 Å². The fourth-order valence-electron chi connectivity index (χ4n) is 3.22. The number of nitrogens with one attached hydrogen (secondary N) is 3. The lowest BCUT2D eigenvalue weighted by atomic mass is 10.2. The van der Waals surface area contributed by atoms with Crippen LogP contribution in [0.3, 0.4) is 0 Å². The Labute approximate surface area is 143 Å². The van der Waals surface area contributed by atoms with Crippen molar-refractivity contribution in [3.05, 3.63) is 40.7 Å². The summed E-state index contributed by atoms with van der Waals surface area (Å²) in [5.74, 6) is 0.933. The fourth-order valence-corrected chi connectivity index (χ4v) is 3.22. The molecule has 4 N–H and O–H groups in total. The van der Waals surface area contributed by atoms with Crippen LogP contribution in [0.4, 0.5) is 17.5 Å². The van der Waals surface area contributed by atoms with Crippen molar-refractivity contribution in [2.75, 3.05) is 10.6 Å². The maximum atomic E-state index is 12.8. The molecule has 0 bridgehead atoms. The van der Waals surface area contributed by atoms with E-state index in [1.807, 2.05) is 30.3 Å². The second-order valence-corrected chi connectivity index (χ2v) is 6.34. The molecule has 130 valence electrons. The highest BCUT2D eigenvalue weighted by molar-refractivity contribution is 5.88. The van der Waals surface area contributed by atoms with Crippen LogP contribution in [0.5, 0.6) is 0 Å². The summed E-state index contributed by atoms with van der Waals surface area (Å²) in [6, 6.07) is 9.46. The van der Waals surface area contributed by atoms with Gasteiger partial charge >= 0.3 is 0 Å². The van der Waals surface area contributed by atoms with E-state index in [1.54, 1.807) is 7.05 Å². The summed E-state index contributed by atoms with van der Waals surface area (Å²) in [5, 5.41) is 23.7. The molecular formula is C17H20N6O2. The minimum absolute atomic E-state index is 0.0867. The number of anilines is 3. The van der Waals surface area contributed by atoms with Crippen molar-refractivity contribution in [3.63, 3.8) is 0 Å². The zero-order chi connectivity index (χ0) is 17.4.